The van der Waals surface area contributed by atoms with Crippen molar-refractivity contribution in [3.63, 3.8) is 0 Å². The number of alkyl halides is 3. The van der Waals surface area contributed by atoms with Crippen LogP contribution in [0.5, 0.6) is 0 Å². The molecule has 1 aliphatic carbocycles. The summed E-state index contributed by atoms with van der Waals surface area (Å²) in [5, 5.41) is 16.2. The molecule has 3 aromatic heterocycles. The fourth-order valence-electron chi connectivity index (χ4n) is 8.96. The number of carbonyl (C=O) groups is 2. The third kappa shape index (κ3) is 7.51. The van der Waals surface area contributed by atoms with Crippen LogP contribution in [0.15, 0.2) is 54.1 Å². The molecule has 0 unspecified atom stereocenters. The quantitative estimate of drug-likeness (QED) is 0.195. The third-order valence-electron chi connectivity index (χ3n) is 11.8. The number of amides is 2. The Kier molecular flexibility index (Phi) is 10.4. The lowest BCUT2D eigenvalue weighted by Gasteiger charge is -2.47. The number of hydrogen-bond donors (Lipinski definition) is 3. The second kappa shape index (κ2) is 15.3. The molecule has 2 saturated heterocycles. The normalized spacial score (nSPS) is 19.5. The molecule has 312 valence electrons. The first-order chi connectivity index (χ1) is 28.1. The van der Waals surface area contributed by atoms with E-state index < -0.39 is 29.8 Å². The van der Waals surface area contributed by atoms with Crippen LogP contribution in [-0.4, -0.2) is 92.4 Å². The van der Waals surface area contributed by atoms with Gasteiger partial charge in [0.2, 0.25) is 5.91 Å². The molecule has 4 aromatic rings. The molecule has 6 heterocycles. The second-order valence-electron chi connectivity index (χ2n) is 16.7. The van der Waals surface area contributed by atoms with Crippen LogP contribution in [0.3, 0.4) is 0 Å². The maximum atomic E-state index is 15.1. The maximum absolute atomic E-state index is 15.1. The zero-order valence-corrected chi connectivity index (χ0v) is 33.5. The molecule has 3 aliphatic heterocycles. The Morgan fingerprint density at radius 1 is 1.12 bits per heavy atom. The van der Waals surface area contributed by atoms with Crippen LogP contribution >= 0.6 is 0 Å². The fourth-order valence-corrected chi connectivity index (χ4v) is 8.96. The number of halogens is 3. The van der Waals surface area contributed by atoms with Crippen molar-refractivity contribution < 1.29 is 32.6 Å². The first-order valence-electron chi connectivity index (χ1n) is 19.8. The van der Waals surface area contributed by atoms with Gasteiger partial charge >= 0.3 is 6.18 Å². The van der Waals surface area contributed by atoms with Crippen molar-refractivity contribution in [2.45, 2.75) is 71.4 Å². The van der Waals surface area contributed by atoms with Crippen LogP contribution in [0.4, 0.5) is 41.9 Å². The minimum Gasteiger partial charge on any atom is -0.392 e. The number of pyridine rings is 1. The van der Waals surface area contributed by atoms with E-state index in [-0.39, 0.29) is 64.3 Å². The van der Waals surface area contributed by atoms with Gasteiger partial charge in [0, 0.05) is 80.7 Å². The van der Waals surface area contributed by atoms with Gasteiger partial charge in [-0.25, -0.2) is 9.97 Å². The van der Waals surface area contributed by atoms with E-state index in [1.807, 2.05) is 13.0 Å². The Balaban J connectivity index is 1.15. The molecular formula is C42H48F3N9O5. The SMILES string of the molecule is C=CC(=O)Nc1cc(Nc2nc(-c3ccnc(N4CCCn5c(cc6c5CC(C)(C)C6)C4=O)c3CO)cn(C)c2=O)cc(C(F)(F)F)c1N1CCN(C2COC2)C[C@@H]1C. The van der Waals surface area contributed by atoms with Crippen LogP contribution in [0.2, 0.25) is 0 Å². The van der Waals surface area contributed by atoms with Gasteiger partial charge in [-0.1, -0.05) is 20.4 Å². The number of aromatic nitrogens is 4. The number of anilines is 5. The Morgan fingerprint density at radius 2 is 1.90 bits per heavy atom. The molecule has 1 aromatic carbocycles. The predicted octanol–water partition coefficient (Wildman–Crippen LogP) is 5.11. The van der Waals surface area contributed by atoms with Gasteiger partial charge in [0.25, 0.3) is 11.5 Å². The number of nitrogens with one attached hydrogen (secondary N) is 2. The number of aryl methyl sites for hydroxylation is 1. The van der Waals surface area contributed by atoms with Gasteiger partial charge in [0.05, 0.1) is 48.5 Å². The van der Waals surface area contributed by atoms with E-state index in [9.17, 15) is 19.5 Å². The number of benzene rings is 1. The molecule has 17 heteroatoms. The van der Waals surface area contributed by atoms with Crippen LogP contribution in [0.25, 0.3) is 11.3 Å². The second-order valence-corrected chi connectivity index (χ2v) is 16.7. The highest BCUT2D eigenvalue weighted by molar-refractivity contribution is 6.06. The monoisotopic (exact) mass is 815 g/mol. The summed E-state index contributed by atoms with van der Waals surface area (Å²) in [6, 6.07) is 5.70. The highest BCUT2D eigenvalue weighted by Gasteiger charge is 2.41. The van der Waals surface area contributed by atoms with E-state index in [0.29, 0.717) is 62.6 Å². The molecule has 0 spiro atoms. The van der Waals surface area contributed by atoms with E-state index in [0.717, 1.165) is 25.0 Å². The zero-order chi connectivity index (χ0) is 42.0. The number of nitrogens with zero attached hydrogens (tertiary/aromatic N) is 7. The summed E-state index contributed by atoms with van der Waals surface area (Å²) in [5.74, 6) is -1.00. The Hall–Kier alpha value is -5.52. The number of hydrogen-bond acceptors (Lipinski definition) is 10. The summed E-state index contributed by atoms with van der Waals surface area (Å²) in [4.78, 5) is 55.0. The minimum atomic E-state index is -4.86. The number of rotatable bonds is 9. The zero-order valence-electron chi connectivity index (χ0n) is 33.5. The van der Waals surface area contributed by atoms with E-state index in [4.69, 9.17) is 4.74 Å². The van der Waals surface area contributed by atoms with Gasteiger partial charge in [0.15, 0.2) is 5.82 Å². The summed E-state index contributed by atoms with van der Waals surface area (Å²) in [5.41, 5.74) is 1.79. The highest BCUT2D eigenvalue weighted by Crippen LogP contribution is 2.45. The molecule has 4 aliphatic rings. The van der Waals surface area contributed by atoms with Gasteiger partial charge < -0.3 is 34.5 Å². The maximum Gasteiger partial charge on any atom is 0.418 e. The predicted molar refractivity (Wildman–Crippen MR) is 217 cm³/mol. The number of fused-ring (bicyclic) bond motifs is 3. The van der Waals surface area contributed by atoms with Crippen molar-refractivity contribution in [1.29, 1.82) is 0 Å². The smallest absolute Gasteiger partial charge is 0.392 e. The molecule has 0 bridgehead atoms. The fraction of sp³-hybridized carbons (Fsp3) is 0.452. The van der Waals surface area contributed by atoms with Gasteiger partial charge in [0.1, 0.15) is 11.5 Å². The van der Waals surface area contributed by atoms with Crippen molar-refractivity contribution in [3.8, 4) is 11.3 Å². The van der Waals surface area contributed by atoms with Crippen LogP contribution in [0.1, 0.15) is 60.1 Å². The van der Waals surface area contributed by atoms with Crippen LogP contribution in [-0.2, 0) is 48.7 Å². The van der Waals surface area contributed by atoms with Crippen molar-refractivity contribution in [2.24, 2.45) is 12.5 Å². The van der Waals surface area contributed by atoms with Gasteiger partial charge in [-0.2, -0.15) is 13.2 Å². The molecule has 1 atom stereocenters. The molecule has 0 saturated carbocycles. The van der Waals surface area contributed by atoms with Gasteiger partial charge in [-0.15, -0.1) is 0 Å². The Morgan fingerprint density at radius 3 is 2.58 bits per heavy atom. The average molecular weight is 816 g/mol. The average Bonchev–Trinajstić information content (AvgIpc) is 3.58. The van der Waals surface area contributed by atoms with Crippen molar-refractivity contribution in [1.82, 2.24) is 24.0 Å². The molecule has 2 amide bonds. The number of aliphatic hydroxyl groups excluding tert-OH is 1. The van der Waals surface area contributed by atoms with Gasteiger partial charge in [-0.05, 0) is 67.5 Å². The number of aliphatic hydroxyl groups is 1. The lowest BCUT2D eigenvalue weighted by Crippen LogP contribution is -2.60. The Labute approximate surface area is 339 Å². The molecule has 8 rings (SSSR count). The van der Waals surface area contributed by atoms with Gasteiger partial charge in [-0.3, -0.25) is 24.2 Å². The first-order valence-corrected chi connectivity index (χ1v) is 19.8. The summed E-state index contributed by atoms with van der Waals surface area (Å²) >= 11 is 0. The molecule has 2 fully saturated rings. The lowest BCUT2D eigenvalue weighted by molar-refractivity contribution is -0.137. The molecular weight excluding hydrogens is 768 g/mol. The van der Waals surface area contributed by atoms with Crippen molar-refractivity contribution in [3.05, 3.63) is 87.7 Å². The van der Waals surface area contributed by atoms with E-state index in [1.165, 1.54) is 41.3 Å². The largest absolute Gasteiger partial charge is 0.418 e. The molecule has 59 heavy (non-hydrogen) atoms. The summed E-state index contributed by atoms with van der Waals surface area (Å²) < 4.78 is 53.9. The summed E-state index contributed by atoms with van der Waals surface area (Å²) in [6.07, 6.45) is 1.46. The third-order valence-corrected chi connectivity index (χ3v) is 11.8. The molecule has 3 N–H and O–H groups in total. The lowest BCUT2D eigenvalue weighted by atomic mass is 9.90. The number of piperazine rings is 1. The summed E-state index contributed by atoms with van der Waals surface area (Å²) in [7, 11) is 1.48. The summed E-state index contributed by atoms with van der Waals surface area (Å²) in [6.45, 7) is 12.7. The number of ether oxygens (including phenoxy) is 1. The van der Waals surface area contributed by atoms with Crippen molar-refractivity contribution in [2.75, 3.05) is 59.8 Å². The van der Waals surface area contributed by atoms with Crippen LogP contribution in [0, 0.1) is 5.41 Å². The van der Waals surface area contributed by atoms with E-state index in [2.05, 4.69) is 50.5 Å². The first kappa shape index (κ1) is 40.3. The van der Waals surface area contributed by atoms with E-state index in [1.54, 1.807) is 15.9 Å². The topological polar surface area (TPSA) is 150 Å². The Bertz CT molecular complexity index is 2400. The van der Waals surface area contributed by atoms with E-state index >= 15 is 13.2 Å². The number of carbonyl (C=O) groups excluding carboxylic acids is 2. The standard InChI is InChI=1S/C42H48F3N9O5/c1-6-35(56)48-31-16-26(15-30(42(43,44)45)36(31)52-13-12-51(19-24(52)2)27-22-59-23-27)47-37-40(58)50(5)20-32(49-37)28-8-9-46-38(29(28)21-55)54-11-7-10-53-33(39(54)57)14-25-17-41(3,4)18-34(25)53/h6,8-9,14-16,20,24,27,55H,1,7,10-13,17-19,21-23H2,2-5H3,(H,47,49)(H,48,56)/t24-/m0/s1. The van der Waals surface area contributed by atoms with Crippen molar-refractivity contribution >= 4 is 40.5 Å². The highest BCUT2D eigenvalue weighted by atomic mass is 19.4. The minimum absolute atomic E-state index is 0.115. The molecule has 0 radical (unpaired) electrons. The van der Waals surface area contributed by atoms with Crippen LogP contribution < -0.4 is 26.0 Å². The molecule has 14 nitrogen and oxygen atoms in total.